The van der Waals surface area contributed by atoms with Crippen LogP contribution in [0.25, 0.3) is 0 Å². The number of aromatic nitrogens is 2. The highest BCUT2D eigenvalue weighted by atomic mass is 16.2. The van der Waals surface area contributed by atoms with Crippen LogP contribution in [0.3, 0.4) is 0 Å². The van der Waals surface area contributed by atoms with Gasteiger partial charge in [0, 0.05) is 31.0 Å². The lowest BCUT2D eigenvalue weighted by atomic mass is 10.2. The molecule has 0 unspecified atom stereocenters. The zero-order chi connectivity index (χ0) is 15.4. The number of amides is 1. The van der Waals surface area contributed by atoms with Crippen molar-refractivity contribution >= 4 is 11.6 Å². The van der Waals surface area contributed by atoms with Gasteiger partial charge in [-0.2, -0.15) is 5.10 Å². The topological polar surface area (TPSA) is 50.2 Å². The largest absolute Gasteiger partial charge is 0.325 e. The van der Waals surface area contributed by atoms with Gasteiger partial charge in [-0.05, 0) is 32.5 Å². The van der Waals surface area contributed by atoms with Crippen LogP contribution >= 0.6 is 0 Å². The van der Waals surface area contributed by atoms with E-state index in [1.165, 1.54) is 0 Å². The molecule has 0 spiro atoms. The molecule has 0 saturated carbocycles. The lowest BCUT2D eigenvalue weighted by Gasteiger charge is -2.16. The number of nitrogens with zero attached hydrogens (tertiary/aromatic N) is 3. The minimum Gasteiger partial charge on any atom is -0.325 e. The van der Waals surface area contributed by atoms with Gasteiger partial charge in [0.05, 0.1) is 12.2 Å². The van der Waals surface area contributed by atoms with Crippen LogP contribution in [0.1, 0.15) is 16.8 Å². The van der Waals surface area contributed by atoms with Crippen LogP contribution in [0.4, 0.5) is 5.69 Å². The van der Waals surface area contributed by atoms with Crippen LogP contribution in [0.2, 0.25) is 0 Å². The summed E-state index contributed by atoms with van der Waals surface area (Å²) in [5.41, 5.74) is 4.08. The fraction of sp³-hybridized carbons (Fsp3) is 0.375. The van der Waals surface area contributed by atoms with E-state index in [0.717, 1.165) is 22.5 Å². The average molecular weight is 286 g/mol. The number of carbonyl (C=O) groups is 1. The molecule has 1 aromatic heterocycles. The number of anilines is 1. The second-order valence-electron chi connectivity index (χ2n) is 5.45. The minimum atomic E-state index is -0.00616. The average Bonchev–Trinajstić information content (AvgIpc) is 2.70. The third-order valence-corrected chi connectivity index (χ3v) is 3.39. The van der Waals surface area contributed by atoms with Gasteiger partial charge in [0.25, 0.3) is 0 Å². The van der Waals surface area contributed by atoms with Gasteiger partial charge < -0.3 is 5.32 Å². The van der Waals surface area contributed by atoms with E-state index in [-0.39, 0.29) is 5.91 Å². The van der Waals surface area contributed by atoms with Crippen LogP contribution in [-0.4, -0.2) is 34.2 Å². The Hall–Kier alpha value is -2.14. The molecule has 5 nitrogen and oxygen atoms in total. The standard InChI is InChI=1S/C16H22N4O/c1-12-7-5-6-8-15(12)17-16(21)11-19(3)9-14-10-20(4)18-13(14)2/h5-8,10H,9,11H2,1-4H3,(H,17,21). The minimum absolute atomic E-state index is 0.00616. The Balaban J connectivity index is 1.90. The Morgan fingerprint density at radius 2 is 2.05 bits per heavy atom. The molecule has 0 aliphatic carbocycles. The Kier molecular flexibility index (Phi) is 4.75. The summed E-state index contributed by atoms with van der Waals surface area (Å²) in [6.45, 7) is 5.03. The Bertz CT molecular complexity index is 633. The third kappa shape index (κ3) is 4.16. The number of hydrogen-bond donors (Lipinski definition) is 1. The van der Waals surface area contributed by atoms with Crippen LogP contribution in [0, 0.1) is 13.8 Å². The molecular formula is C16H22N4O. The molecule has 1 heterocycles. The number of rotatable bonds is 5. The van der Waals surface area contributed by atoms with Gasteiger partial charge in [0.15, 0.2) is 0 Å². The van der Waals surface area contributed by atoms with Crippen molar-refractivity contribution in [2.45, 2.75) is 20.4 Å². The summed E-state index contributed by atoms with van der Waals surface area (Å²) in [6.07, 6.45) is 1.99. The zero-order valence-corrected chi connectivity index (χ0v) is 13.1. The van der Waals surface area contributed by atoms with Gasteiger partial charge in [-0.25, -0.2) is 0 Å². The first-order valence-corrected chi connectivity index (χ1v) is 6.99. The van der Waals surface area contributed by atoms with Crippen molar-refractivity contribution in [2.75, 3.05) is 18.9 Å². The maximum Gasteiger partial charge on any atom is 0.238 e. The van der Waals surface area contributed by atoms with Crippen LogP contribution in [0.15, 0.2) is 30.5 Å². The second-order valence-corrected chi connectivity index (χ2v) is 5.45. The van der Waals surface area contributed by atoms with E-state index >= 15 is 0 Å². The van der Waals surface area contributed by atoms with E-state index in [1.807, 2.05) is 63.3 Å². The van der Waals surface area contributed by atoms with Crippen LogP contribution < -0.4 is 5.32 Å². The first-order valence-electron chi connectivity index (χ1n) is 6.99. The fourth-order valence-corrected chi connectivity index (χ4v) is 2.30. The van der Waals surface area contributed by atoms with Crippen molar-refractivity contribution in [1.82, 2.24) is 14.7 Å². The van der Waals surface area contributed by atoms with Gasteiger partial charge in [-0.3, -0.25) is 14.4 Å². The quantitative estimate of drug-likeness (QED) is 0.916. The molecule has 21 heavy (non-hydrogen) atoms. The molecular weight excluding hydrogens is 264 g/mol. The fourth-order valence-electron chi connectivity index (χ4n) is 2.30. The Labute approximate surface area is 125 Å². The molecule has 0 fully saturated rings. The Morgan fingerprint density at radius 3 is 2.67 bits per heavy atom. The van der Waals surface area contributed by atoms with Gasteiger partial charge >= 0.3 is 0 Å². The molecule has 2 aromatic rings. The molecule has 0 aliphatic heterocycles. The van der Waals surface area contributed by atoms with Crippen molar-refractivity contribution in [3.63, 3.8) is 0 Å². The smallest absolute Gasteiger partial charge is 0.238 e. The van der Waals surface area contributed by atoms with Crippen molar-refractivity contribution in [3.05, 3.63) is 47.3 Å². The van der Waals surface area contributed by atoms with E-state index in [2.05, 4.69) is 10.4 Å². The first-order chi connectivity index (χ1) is 9.95. The lowest BCUT2D eigenvalue weighted by Crippen LogP contribution is -2.30. The molecule has 0 bridgehead atoms. The summed E-state index contributed by atoms with van der Waals surface area (Å²) in [5, 5.41) is 7.26. The molecule has 0 saturated heterocycles. The third-order valence-electron chi connectivity index (χ3n) is 3.39. The highest BCUT2D eigenvalue weighted by molar-refractivity contribution is 5.92. The van der Waals surface area contributed by atoms with E-state index in [0.29, 0.717) is 13.1 Å². The van der Waals surface area contributed by atoms with Gasteiger partial charge in [0.1, 0.15) is 0 Å². The summed E-state index contributed by atoms with van der Waals surface area (Å²) >= 11 is 0. The predicted molar refractivity (Wildman–Crippen MR) is 84.1 cm³/mol. The molecule has 5 heteroatoms. The molecule has 1 amide bonds. The number of benzene rings is 1. The summed E-state index contributed by atoms with van der Waals surface area (Å²) < 4.78 is 1.80. The number of para-hydroxylation sites is 1. The first kappa shape index (κ1) is 15.3. The molecule has 1 N–H and O–H groups in total. The maximum atomic E-state index is 12.1. The van der Waals surface area contributed by atoms with Gasteiger partial charge in [-0.1, -0.05) is 18.2 Å². The second kappa shape index (κ2) is 6.54. The van der Waals surface area contributed by atoms with Crippen molar-refractivity contribution in [2.24, 2.45) is 7.05 Å². The lowest BCUT2D eigenvalue weighted by molar-refractivity contribution is -0.117. The van der Waals surface area contributed by atoms with E-state index < -0.39 is 0 Å². The van der Waals surface area contributed by atoms with E-state index in [4.69, 9.17) is 0 Å². The number of carbonyl (C=O) groups excluding carboxylic acids is 1. The molecule has 2 rings (SSSR count). The van der Waals surface area contributed by atoms with E-state index in [1.54, 1.807) is 4.68 Å². The van der Waals surface area contributed by atoms with Crippen molar-refractivity contribution < 1.29 is 4.79 Å². The predicted octanol–water partition coefficient (Wildman–Crippen LogP) is 2.11. The summed E-state index contributed by atoms with van der Waals surface area (Å²) in [4.78, 5) is 14.1. The Morgan fingerprint density at radius 1 is 1.33 bits per heavy atom. The van der Waals surface area contributed by atoms with Gasteiger partial charge in [-0.15, -0.1) is 0 Å². The molecule has 1 aromatic carbocycles. The van der Waals surface area contributed by atoms with Crippen LogP contribution in [-0.2, 0) is 18.4 Å². The highest BCUT2D eigenvalue weighted by Gasteiger charge is 2.11. The van der Waals surface area contributed by atoms with Crippen LogP contribution in [0.5, 0.6) is 0 Å². The number of hydrogen-bond acceptors (Lipinski definition) is 3. The summed E-state index contributed by atoms with van der Waals surface area (Å²) in [5.74, 6) is -0.00616. The number of likely N-dealkylation sites (N-methyl/N-ethyl adjacent to an activating group) is 1. The molecule has 0 aliphatic rings. The number of nitrogens with one attached hydrogen (secondary N) is 1. The molecule has 0 atom stereocenters. The molecule has 0 radical (unpaired) electrons. The highest BCUT2D eigenvalue weighted by Crippen LogP contribution is 2.13. The number of aryl methyl sites for hydroxylation is 3. The summed E-state index contributed by atoms with van der Waals surface area (Å²) in [6, 6.07) is 7.78. The SMILES string of the molecule is Cc1ccccc1NC(=O)CN(C)Cc1cn(C)nc1C. The van der Waals surface area contributed by atoms with Crippen molar-refractivity contribution in [1.29, 1.82) is 0 Å². The van der Waals surface area contributed by atoms with Gasteiger partial charge in [0.2, 0.25) is 5.91 Å². The maximum absolute atomic E-state index is 12.1. The van der Waals surface area contributed by atoms with Crippen molar-refractivity contribution in [3.8, 4) is 0 Å². The summed E-state index contributed by atoms with van der Waals surface area (Å²) in [7, 11) is 3.84. The monoisotopic (exact) mass is 286 g/mol. The zero-order valence-electron chi connectivity index (χ0n) is 13.1. The van der Waals surface area contributed by atoms with E-state index in [9.17, 15) is 4.79 Å². The molecule has 112 valence electrons. The normalized spacial score (nSPS) is 10.9.